The maximum Gasteiger partial charge on any atom is 0.233 e. The molecule has 0 aliphatic heterocycles. The van der Waals surface area contributed by atoms with Crippen molar-refractivity contribution in [2.45, 2.75) is 32.7 Å². The van der Waals surface area contributed by atoms with Gasteiger partial charge in [-0.3, -0.25) is 4.79 Å². The van der Waals surface area contributed by atoms with Crippen molar-refractivity contribution < 1.29 is 4.79 Å². The summed E-state index contributed by atoms with van der Waals surface area (Å²) in [6.07, 6.45) is 1.96. The third kappa shape index (κ3) is 5.28. The topological polar surface area (TPSA) is 41.1 Å². The highest BCUT2D eigenvalue weighted by atomic mass is 32.1. The predicted octanol–water partition coefficient (Wildman–Crippen LogP) is 1.79. The average molecular weight is 240 g/mol. The van der Waals surface area contributed by atoms with Gasteiger partial charge in [0, 0.05) is 12.6 Å². The number of rotatable bonds is 7. The molecular formula is C12H20N2OS. The van der Waals surface area contributed by atoms with E-state index in [9.17, 15) is 4.79 Å². The Hall–Kier alpha value is -0.870. The molecule has 1 heterocycles. The van der Waals surface area contributed by atoms with Crippen molar-refractivity contribution in [2.75, 3.05) is 13.1 Å². The van der Waals surface area contributed by atoms with Gasteiger partial charge in [-0.2, -0.15) is 11.3 Å². The molecule has 4 heteroatoms. The Labute approximate surface area is 101 Å². The summed E-state index contributed by atoms with van der Waals surface area (Å²) in [6.45, 7) is 5.32. The highest BCUT2D eigenvalue weighted by molar-refractivity contribution is 7.07. The Bertz CT molecular complexity index is 298. The minimum atomic E-state index is 0.0792. The Balaban J connectivity index is 2.06. The van der Waals surface area contributed by atoms with Crippen LogP contribution in [0, 0.1) is 0 Å². The first-order valence-electron chi connectivity index (χ1n) is 5.73. The van der Waals surface area contributed by atoms with Crippen LogP contribution in [-0.4, -0.2) is 25.0 Å². The third-order valence-electron chi connectivity index (χ3n) is 2.54. The molecule has 0 aliphatic rings. The van der Waals surface area contributed by atoms with Crippen LogP contribution in [0.2, 0.25) is 0 Å². The highest BCUT2D eigenvalue weighted by Crippen LogP contribution is 2.05. The SMILES string of the molecule is CCC(C)NCC(=O)NCCc1ccsc1. The molecule has 0 aromatic carbocycles. The summed E-state index contributed by atoms with van der Waals surface area (Å²) >= 11 is 1.69. The summed E-state index contributed by atoms with van der Waals surface area (Å²) < 4.78 is 0. The molecule has 1 unspecified atom stereocenters. The number of amides is 1. The van der Waals surface area contributed by atoms with Crippen molar-refractivity contribution in [3.05, 3.63) is 22.4 Å². The van der Waals surface area contributed by atoms with Crippen LogP contribution in [0.1, 0.15) is 25.8 Å². The van der Waals surface area contributed by atoms with Gasteiger partial charge in [0.2, 0.25) is 5.91 Å². The van der Waals surface area contributed by atoms with Crippen LogP contribution < -0.4 is 10.6 Å². The smallest absolute Gasteiger partial charge is 0.233 e. The fraction of sp³-hybridized carbons (Fsp3) is 0.583. The molecule has 3 nitrogen and oxygen atoms in total. The molecule has 0 saturated heterocycles. The summed E-state index contributed by atoms with van der Waals surface area (Å²) in [5.41, 5.74) is 1.29. The van der Waals surface area contributed by atoms with E-state index in [-0.39, 0.29) is 5.91 Å². The van der Waals surface area contributed by atoms with Crippen molar-refractivity contribution in [1.82, 2.24) is 10.6 Å². The van der Waals surface area contributed by atoms with E-state index in [1.807, 2.05) is 0 Å². The lowest BCUT2D eigenvalue weighted by molar-refractivity contribution is -0.120. The lowest BCUT2D eigenvalue weighted by atomic mass is 10.2. The Morgan fingerprint density at radius 1 is 1.56 bits per heavy atom. The summed E-state index contributed by atoms with van der Waals surface area (Å²) in [5, 5.41) is 10.2. The van der Waals surface area contributed by atoms with Crippen LogP contribution in [-0.2, 0) is 11.2 Å². The van der Waals surface area contributed by atoms with Crippen molar-refractivity contribution in [3.8, 4) is 0 Å². The molecule has 16 heavy (non-hydrogen) atoms. The van der Waals surface area contributed by atoms with E-state index >= 15 is 0 Å². The number of thiophene rings is 1. The van der Waals surface area contributed by atoms with Crippen LogP contribution in [0.15, 0.2) is 16.8 Å². The van der Waals surface area contributed by atoms with E-state index in [2.05, 4.69) is 41.3 Å². The fourth-order valence-electron chi connectivity index (χ4n) is 1.25. The van der Waals surface area contributed by atoms with E-state index in [4.69, 9.17) is 0 Å². The second kappa shape index (κ2) is 7.41. The molecule has 2 N–H and O–H groups in total. The van der Waals surface area contributed by atoms with Crippen LogP contribution in [0.5, 0.6) is 0 Å². The first kappa shape index (κ1) is 13.2. The Kier molecular flexibility index (Phi) is 6.11. The number of hydrogen-bond donors (Lipinski definition) is 2. The van der Waals surface area contributed by atoms with E-state index in [1.54, 1.807) is 11.3 Å². The molecule has 0 saturated carbocycles. The van der Waals surface area contributed by atoms with Gasteiger partial charge in [-0.05, 0) is 42.2 Å². The van der Waals surface area contributed by atoms with Gasteiger partial charge in [0.1, 0.15) is 0 Å². The molecule has 1 rings (SSSR count). The van der Waals surface area contributed by atoms with E-state index in [0.29, 0.717) is 12.6 Å². The number of carbonyl (C=O) groups is 1. The first-order chi connectivity index (χ1) is 7.72. The maximum atomic E-state index is 11.4. The lowest BCUT2D eigenvalue weighted by Crippen LogP contribution is -2.38. The number of hydrogen-bond acceptors (Lipinski definition) is 3. The van der Waals surface area contributed by atoms with Crippen molar-refractivity contribution in [1.29, 1.82) is 0 Å². The molecule has 0 aliphatic carbocycles. The summed E-state index contributed by atoms with van der Waals surface area (Å²) in [4.78, 5) is 11.4. The zero-order valence-corrected chi connectivity index (χ0v) is 10.8. The van der Waals surface area contributed by atoms with E-state index in [0.717, 1.165) is 19.4 Å². The van der Waals surface area contributed by atoms with Crippen LogP contribution in [0.25, 0.3) is 0 Å². The lowest BCUT2D eigenvalue weighted by Gasteiger charge is -2.10. The van der Waals surface area contributed by atoms with Gasteiger partial charge in [0.25, 0.3) is 0 Å². The maximum absolute atomic E-state index is 11.4. The molecule has 0 spiro atoms. The van der Waals surface area contributed by atoms with Crippen molar-refractivity contribution in [3.63, 3.8) is 0 Å². The zero-order chi connectivity index (χ0) is 11.8. The third-order valence-corrected chi connectivity index (χ3v) is 3.27. The standard InChI is InChI=1S/C12H20N2OS/c1-3-10(2)14-8-12(15)13-6-4-11-5-7-16-9-11/h5,7,9-10,14H,3-4,6,8H2,1-2H3,(H,13,15). The van der Waals surface area contributed by atoms with Crippen molar-refractivity contribution >= 4 is 17.2 Å². The van der Waals surface area contributed by atoms with Crippen LogP contribution >= 0.6 is 11.3 Å². The van der Waals surface area contributed by atoms with Gasteiger partial charge in [-0.15, -0.1) is 0 Å². The Morgan fingerprint density at radius 2 is 2.38 bits per heavy atom. The fourth-order valence-corrected chi connectivity index (χ4v) is 1.96. The first-order valence-corrected chi connectivity index (χ1v) is 6.67. The summed E-state index contributed by atoms with van der Waals surface area (Å²) in [6, 6.07) is 2.50. The second-order valence-corrected chi connectivity index (χ2v) is 4.70. The summed E-state index contributed by atoms with van der Waals surface area (Å²) in [5.74, 6) is 0.0792. The quantitative estimate of drug-likeness (QED) is 0.763. The van der Waals surface area contributed by atoms with Crippen LogP contribution in [0.3, 0.4) is 0 Å². The van der Waals surface area contributed by atoms with E-state index < -0.39 is 0 Å². The average Bonchev–Trinajstić information content (AvgIpc) is 2.79. The molecule has 0 fully saturated rings. The normalized spacial score (nSPS) is 12.4. The predicted molar refractivity (Wildman–Crippen MR) is 68.8 cm³/mol. The molecule has 0 bridgehead atoms. The molecule has 1 aromatic rings. The number of carbonyl (C=O) groups excluding carboxylic acids is 1. The van der Waals surface area contributed by atoms with Gasteiger partial charge in [0.15, 0.2) is 0 Å². The minimum Gasteiger partial charge on any atom is -0.355 e. The van der Waals surface area contributed by atoms with Gasteiger partial charge in [-0.25, -0.2) is 0 Å². The molecule has 1 aromatic heterocycles. The molecular weight excluding hydrogens is 220 g/mol. The van der Waals surface area contributed by atoms with Crippen molar-refractivity contribution in [2.24, 2.45) is 0 Å². The minimum absolute atomic E-state index is 0.0792. The van der Waals surface area contributed by atoms with Gasteiger partial charge < -0.3 is 10.6 Å². The largest absolute Gasteiger partial charge is 0.355 e. The number of nitrogens with one attached hydrogen (secondary N) is 2. The van der Waals surface area contributed by atoms with Gasteiger partial charge >= 0.3 is 0 Å². The summed E-state index contributed by atoms with van der Waals surface area (Å²) in [7, 11) is 0. The Morgan fingerprint density at radius 3 is 3.00 bits per heavy atom. The monoisotopic (exact) mass is 240 g/mol. The van der Waals surface area contributed by atoms with Crippen LogP contribution in [0.4, 0.5) is 0 Å². The molecule has 1 atom stereocenters. The zero-order valence-electron chi connectivity index (χ0n) is 9.95. The van der Waals surface area contributed by atoms with E-state index in [1.165, 1.54) is 5.56 Å². The molecule has 0 radical (unpaired) electrons. The second-order valence-electron chi connectivity index (χ2n) is 3.92. The van der Waals surface area contributed by atoms with Gasteiger partial charge in [-0.1, -0.05) is 6.92 Å². The molecule has 90 valence electrons. The highest BCUT2D eigenvalue weighted by Gasteiger charge is 2.03. The van der Waals surface area contributed by atoms with Gasteiger partial charge in [0.05, 0.1) is 6.54 Å². The molecule has 1 amide bonds.